The smallest absolute Gasteiger partial charge is 0.387 e. The summed E-state index contributed by atoms with van der Waals surface area (Å²) in [4.78, 5) is 3.11. The number of fused-ring (bicyclic) bond motifs is 1. The number of pyridine rings is 1. The van der Waals surface area contributed by atoms with Crippen LogP contribution in [0.3, 0.4) is 0 Å². The molecule has 2 rings (SSSR count). The number of aromatic nitrogens is 1. The SMILES string of the molecule is O=S1(=O)c2ccncc2C(O)C1C(O)C(F)(F)F. The van der Waals surface area contributed by atoms with Crippen LogP contribution >= 0.6 is 0 Å². The molecule has 2 N–H and O–H groups in total. The molecule has 18 heavy (non-hydrogen) atoms. The average molecular weight is 283 g/mol. The van der Waals surface area contributed by atoms with E-state index in [1.54, 1.807) is 0 Å². The second-order valence-electron chi connectivity index (χ2n) is 3.85. The molecule has 100 valence electrons. The molecule has 0 aromatic carbocycles. The van der Waals surface area contributed by atoms with Crippen LogP contribution in [-0.2, 0) is 9.84 Å². The first-order valence-corrected chi connectivity index (χ1v) is 6.32. The van der Waals surface area contributed by atoms with E-state index in [9.17, 15) is 26.7 Å². The predicted octanol–water partition coefficient (Wildman–Crippen LogP) is 0.194. The van der Waals surface area contributed by atoms with E-state index in [0.29, 0.717) is 0 Å². The number of aliphatic hydroxyl groups excluding tert-OH is 2. The monoisotopic (exact) mass is 283 g/mol. The predicted molar refractivity (Wildman–Crippen MR) is 52.2 cm³/mol. The number of alkyl halides is 3. The lowest BCUT2D eigenvalue weighted by molar-refractivity contribution is -0.209. The van der Waals surface area contributed by atoms with Crippen molar-refractivity contribution in [1.29, 1.82) is 0 Å². The summed E-state index contributed by atoms with van der Waals surface area (Å²) in [6.07, 6.45) is -8.17. The lowest BCUT2D eigenvalue weighted by atomic mass is 10.1. The van der Waals surface area contributed by atoms with Gasteiger partial charge in [-0.25, -0.2) is 8.42 Å². The fraction of sp³-hybridized carbons (Fsp3) is 0.444. The molecule has 3 unspecified atom stereocenters. The first kappa shape index (κ1) is 13.2. The molecule has 0 bridgehead atoms. The van der Waals surface area contributed by atoms with Crippen LogP contribution in [0.5, 0.6) is 0 Å². The molecule has 0 radical (unpaired) electrons. The van der Waals surface area contributed by atoms with Crippen LogP contribution < -0.4 is 0 Å². The van der Waals surface area contributed by atoms with Gasteiger partial charge in [-0.15, -0.1) is 0 Å². The summed E-state index contributed by atoms with van der Waals surface area (Å²) in [5.74, 6) is 0. The van der Waals surface area contributed by atoms with Gasteiger partial charge in [-0.3, -0.25) is 4.98 Å². The van der Waals surface area contributed by atoms with Gasteiger partial charge in [-0.2, -0.15) is 13.2 Å². The van der Waals surface area contributed by atoms with E-state index in [4.69, 9.17) is 5.11 Å². The maximum absolute atomic E-state index is 12.4. The second-order valence-corrected chi connectivity index (χ2v) is 5.93. The maximum atomic E-state index is 12.4. The Morgan fingerprint density at radius 2 is 2.00 bits per heavy atom. The molecule has 9 heteroatoms. The Kier molecular flexibility index (Phi) is 2.87. The molecular weight excluding hydrogens is 275 g/mol. The third-order valence-electron chi connectivity index (χ3n) is 2.75. The van der Waals surface area contributed by atoms with Crippen LogP contribution in [0.2, 0.25) is 0 Å². The van der Waals surface area contributed by atoms with E-state index >= 15 is 0 Å². The van der Waals surface area contributed by atoms with Crippen LogP contribution in [0.15, 0.2) is 23.4 Å². The number of hydrogen-bond donors (Lipinski definition) is 2. The standard InChI is InChI=1S/C9H8F3NO4S/c10-9(11,12)8(15)7-6(14)4-3-13-2-1-5(4)18(7,16)17/h1-3,6-8,14-15H. The molecule has 1 aromatic rings. The molecule has 1 aliphatic rings. The van der Waals surface area contributed by atoms with Gasteiger partial charge in [-0.05, 0) is 6.07 Å². The molecule has 0 saturated carbocycles. The third kappa shape index (κ3) is 1.78. The van der Waals surface area contributed by atoms with Crippen molar-refractivity contribution in [3.8, 4) is 0 Å². The highest BCUT2D eigenvalue weighted by Crippen LogP contribution is 2.43. The van der Waals surface area contributed by atoms with Crippen molar-refractivity contribution in [3.63, 3.8) is 0 Å². The lowest BCUT2D eigenvalue weighted by Gasteiger charge is -2.22. The maximum Gasteiger partial charge on any atom is 0.415 e. The molecule has 2 heterocycles. The van der Waals surface area contributed by atoms with Crippen molar-refractivity contribution >= 4 is 9.84 Å². The van der Waals surface area contributed by atoms with E-state index in [0.717, 1.165) is 18.5 Å². The molecule has 0 amide bonds. The van der Waals surface area contributed by atoms with E-state index in [1.807, 2.05) is 0 Å². The van der Waals surface area contributed by atoms with Crippen LogP contribution in [0, 0.1) is 0 Å². The van der Waals surface area contributed by atoms with Gasteiger partial charge in [0.2, 0.25) is 0 Å². The van der Waals surface area contributed by atoms with Crippen molar-refractivity contribution in [1.82, 2.24) is 4.98 Å². The summed E-state index contributed by atoms with van der Waals surface area (Å²) in [5, 5.41) is 16.4. The van der Waals surface area contributed by atoms with Crippen molar-refractivity contribution in [3.05, 3.63) is 24.0 Å². The van der Waals surface area contributed by atoms with Crippen LogP contribution in [0.25, 0.3) is 0 Å². The van der Waals surface area contributed by atoms with Gasteiger partial charge in [0.25, 0.3) is 0 Å². The number of halogens is 3. The molecule has 0 spiro atoms. The van der Waals surface area contributed by atoms with Gasteiger partial charge < -0.3 is 10.2 Å². The topological polar surface area (TPSA) is 87.5 Å². The van der Waals surface area contributed by atoms with Gasteiger partial charge in [0.1, 0.15) is 11.4 Å². The van der Waals surface area contributed by atoms with E-state index < -0.39 is 38.4 Å². The van der Waals surface area contributed by atoms with Crippen LogP contribution in [0.1, 0.15) is 11.7 Å². The second kappa shape index (κ2) is 3.90. The van der Waals surface area contributed by atoms with E-state index in [1.165, 1.54) is 0 Å². The molecule has 1 aliphatic heterocycles. The van der Waals surface area contributed by atoms with Crippen LogP contribution in [-0.4, -0.2) is 41.1 Å². The molecule has 1 aromatic heterocycles. The normalized spacial score (nSPS) is 27.8. The summed E-state index contributed by atoms with van der Waals surface area (Å²) in [5.41, 5.74) is -0.231. The Hall–Kier alpha value is -1.19. The fourth-order valence-corrected chi connectivity index (χ4v) is 3.92. The Balaban J connectivity index is 2.56. The quantitative estimate of drug-likeness (QED) is 0.768. The minimum atomic E-state index is -5.13. The highest BCUT2D eigenvalue weighted by atomic mass is 32.2. The molecule has 0 aliphatic carbocycles. The highest BCUT2D eigenvalue weighted by molar-refractivity contribution is 7.92. The zero-order valence-corrected chi connectivity index (χ0v) is 9.48. The van der Waals surface area contributed by atoms with Gasteiger partial charge in [-0.1, -0.05) is 0 Å². The van der Waals surface area contributed by atoms with Gasteiger partial charge >= 0.3 is 6.18 Å². The minimum Gasteiger partial charge on any atom is -0.387 e. The summed E-state index contributed by atoms with van der Waals surface area (Å²) >= 11 is 0. The van der Waals surface area contributed by atoms with E-state index in [-0.39, 0.29) is 5.56 Å². The Morgan fingerprint density at radius 1 is 1.39 bits per heavy atom. The van der Waals surface area contributed by atoms with Gasteiger partial charge in [0.05, 0.1) is 4.90 Å². The zero-order valence-electron chi connectivity index (χ0n) is 8.66. The Morgan fingerprint density at radius 3 is 2.50 bits per heavy atom. The Bertz CT molecular complexity index is 571. The summed E-state index contributed by atoms with van der Waals surface area (Å²) in [7, 11) is -4.44. The largest absolute Gasteiger partial charge is 0.415 e. The van der Waals surface area contributed by atoms with Crippen molar-refractivity contribution in [2.24, 2.45) is 0 Å². The molecule has 5 nitrogen and oxygen atoms in total. The number of aliphatic hydroxyl groups is 2. The Labute approximate surface area is 99.8 Å². The minimum absolute atomic E-state index is 0.231. The first-order chi connectivity index (χ1) is 8.17. The van der Waals surface area contributed by atoms with Crippen molar-refractivity contribution < 1.29 is 31.8 Å². The van der Waals surface area contributed by atoms with Crippen molar-refractivity contribution in [2.45, 2.75) is 28.5 Å². The third-order valence-corrected chi connectivity index (χ3v) is 4.97. The summed E-state index contributed by atoms with van der Waals surface area (Å²) < 4.78 is 60.9. The highest BCUT2D eigenvalue weighted by Gasteiger charge is 2.56. The molecule has 3 atom stereocenters. The van der Waals surface area contributed by atoms with Crippen LogP contribution in [0.4, 0.5) is 13.2 Å². The first-order valence-electron chi connectivity index (χ1n) is 4.78. The molecule has 0 saturated heterocycles. The lowest BCUT2D eigenvalue weighted by Crippen LogP contribution is -2.44. The molecular formula is C9H8F3NO4S. The summed E-state index contributed by atoms with van der Waals surface area (Å²) in [6, 6.07) is 0.997. The number of hydrogen-bond acceptors (Lipinski definition) is 5. The molecule has 0 fully saturated rings. The zero-order chi connectivity index (χ0) is 13.7. The average Bonchev–Trinajstić information content (AvgIpc) is 2.46. The number of sulfone groups is 1. The number of nitrogens with zero attached hydrogens (tertiary/aromatic N) is 1. The summed E-state index contributed by atoms with van der Waals surface area (Å²) in [6.45, 7) is 0. The fourth-order valence-electron chi connectivity index (χ4n) is 1.90. The van der Waals surface area contributed by atoms with E-state index in [2.05, 4.69) is 4.98 Å². The van der Waals surface area contributed by atoms with Crippen molar-refractivity contribution in [2.75, 3.05) is 0 Å². The van der Waals surface area contributed by atoms with Gasteiger partial charge in [0.15, 0.2) is 15.9 Å². The van der Waals surface area contributed by atoms with Gasteiger partial charge in [0, 0.05) is 18.0 Å². The number of rotatable bonds is 1.